The summed E-state index contributed by atoms with van der Waals surface area (Å²) < 4.78 is 5.63. The molecular formula is C32H45NO4. The molecule has 0 radical (unpaired) electrons. The molecule has 5 heteroatoms. The summed E-state index contributed by atoms with van der Waals surface area (Å²) in [6.07, 6.45) is 9.92. The molecule has 0 bridgehead atoms. The Morgan fingerprint density at radius 3 is 2.62 bits per heavy atom. The van der Waals surface area contributed by atoms with Crippen LogP contribution >= 0.6 is 0 Å². The normalized spacial score (nSPS) is 42.2. The molecule has 10 atom stereocenters. The van der Waals surface area contributed by atoms with Crippen molar-refractivity contribution < 1.29 is 14.6 Å². The standard InChI is InChI=1S/C32H45NO4/c1-18-5-9-26-22(15-18)30(36)37-28(33-26)10-6-19(2)23-7-8-24-29-25(12-14-32(23,24)4)31(3)13-11-21(34)16-20(31)17-27(29)35/h5,9,15,19-21,23-25,27,29,34-35H,6-8,10-14,16-17H2,1-4H3/t19-,20+,21-,23-,24+,25?,27+,29+,31+,32-/m1/s1. The van der Waals surface area contributed by atoms with Crippen LogP contribution in [0.15, 0.2) is 27.4 Å². The Labute approximate surface area is 221 Å². The second kappa shape index (κ2) is 9.19. The highest BCUT2D eigenvalue weighted by Crippen LogP contribution is 2.68. The number of rotatable bonds is 4. The van der Waals surface area contributed by atoms with Gasteiger partial charge in [0.15, 0.2) is 5.89 Å². The van der Waals surface area contributed by atoms with Gasteiger partial charge in [-0.3, -0.25) is 0 Å². The average molecular weight is 508 g/mol. The van der Waals surface area contributed by atoms with Gasteiger partial charge >= 0.3 is 5.63 Å². The van der Waals surface area contributed by atoms with E-state index in [1.165, 1.54) is 25.7 Å². The van der Waals surface area contributed by atoms with E-state index in [0.717, 1.165) is 43.2 Å². The molecule has 0 aliphatic heterocycles. The largest absolute Gasteiger partial charge is 0.408 e. The minimum Gasteiger partial charge on any atom is -0.408 e. The minimum atomic E-state index is -0.282. The molecule has 1 aromatic heterocycles. The lowest BCUT2D eigenvalue weighted by Gasteiger charge is -2.62. The van der Waals surface area contributed by atoms with Crippen molar-refractivity contribution >= 4 is 10.9 Å². The van der Waals surface area contributed by atoms with Gasteiger partial charge in [0, 0.05) is 6.42 Å². The first-order valence-electron chi connectivity index (χ1n) is 14.9. The molecule has 202 valence electrons. The Morgan fingerprint density at radius 2 is 1.81 bits per heavy atom. The summed E-state index contributed by atoms with van der Waals surface area (Å²) in [5.41, 5.74) is 2.01. The van der Waals surface area contributed by atoms with E-state index in [4.69, 9.17) is 4.42 Å². The number of benzene rings is 1. The van der Waals surface area contributed by atoms with Crippen LogP contribution in [0.25, 0.3) is 10.9 Å². The summed E-state index contributed by atoms with van der Waals surface area (Å²) >= 11 is 0. The zero-order chi connectivity index (χ0) is 26.1. The van der Waals surface area contributed by atoms with Crippen molar-refractivity contribution in [1.29, 1.82) is 0 Å². The summed E-state index contributed by atoms with van der Waals surface area (Å²) in [5.74, 6) is 3.72. The van der Waals surface area contributed by atoms with E-state index in [1.54, 1.807) is 0 Å². The molecule has 5 nitrogen and oxygen atoms in total. The molecule has 0 spiro atoms. The zero-order valence-electron chi connectivity index (χ0n) is 23.1. The molecule has 1 heterocycles. The molecule has 4 aliphatic carbocycles. The van der Waals surface area contributed by atoms with Gasteiger partial charge in [-0.05, 0) is 123 Å². The molecule has 1 aromatic carbocycles. The first-order valence-corrected chi connectivity index (χ1v) is 14.9. The van der Waals surface area contributed by atoms with E-state index >= 15 is 0 Å². The van der Waals surface area contributed by atoms with Crippen LogP contribution in [0.1, 0.15) is 90.0 Å². The smallest absolute Gasteiger partial charge is 0.346 e. The van der Waals surface area contributed by atoms with Crippen molar-refractivity contribution in [1.82, 2.24) is 4.98 Å². The highest BCUT2D eigenvalue weighted by molar-refractivity contribution is 5.77. The summed E-state index contributed by atoms with van der Waals surface area (Å²) in [5, 5.41) is 22.4. The molecule has 4 saturated carbocycles. The van der Waals surface area contributed by atoms with Crippen molar-refractivity contribution in [3.8, 4) is 0 Å². The quantitative estimate of drug-likeness (QED) is 0.526. The van der Waals surface area contributed by atoms with Crippen LogP contribution in [0.3, 0.4) is 0 Å². The van der Waals surface area contributed by atoms with Gasteiger partial charge in [-0.2, -0.15) is 0 Å². The lowest BCUT2D eigenvalue weighted by Crippen LogP contribution is -2.58. The van der Waals surface area contributed by atoms with Gasteiger partial charge < -0.3 is 14.6 Å². The van der Waals surface area contributed by atoms with Gasteiger partial charge in [0.1, 0.15) is 0 Å². The van der Waals surface area contributed by atoms with E-state index in [-0.39, 0.29) is 28.7 Å². The number of hydrogen-bond donors (Lipinski definition) is 2. The average Bonchev–Trinajstić information content (AvgIpc) is 3.21. The summed E-state index contributed by atoms with van der Waals surface area (Å²) in [6, 6.07) is 5.77. The predicted molar refractivity (Wildman–Crippen MR) is 145 cm³/mol. The molecule has 4 fully saturated rings. The van der Waals surface area contributed by atoms with Gasteiger partial charge in [0.2, 0.25) is 0 Å². The lowest BCUT2D eigenvalue weighted by atomic mass is 9.43. The fourth-order valence-electron chi connectivity index (χ4n) is 10.1. The third-order valence-corrected chi connectivity index (χ3v) is 12.1. The Morgan fingerprint density at radius 1 is 1.05 bits per heavy atom. The maximum absolute atomic E-state index is 12.6. The van der Waals surface area contributed by atoms with Crippen molar-refractivity contribution in [3.63, 3.8) is 0 Å². The number of hydrogen-bond acceptors (Lipinski definition) is 5. The van der Waals surface area contributed by atoms with Gasteiger partial charge in [0.25, 0.3) is 0 Å². The molecule has 37 heavy (non-hydrogen) atoms. The topological polar surface area (TPSA) is 83.6 Å². The number of fused-ring (bicyclic) bond motifs is 6. The number of aryl methyl sites for hydroxylation is 2. The van der Waals surface area contributed by atoms with Crippen molar-refractivity contribution in [3.05, 3.63) is 40.1 Å². The second-order valence-electron chi connectivity index (χ2n) is 13.9. The molecular weight excluding hydrogens is 462 g/mol. The molecule has 6 rings (SSSR count). The Kier molecular flexibility index (Phi) is 6.35. The SMILES string of the molecule is Cc1ccc2nc(CC[C@@H](C)[C@H]3CC[C@H]4[C@H]5C(CC[C@]34C)[C@@]3(C)CC[C@@H](O)C[C@H]3C[C@@H]5O)oc(=O)c2c1. The fourth-order valence-corrected chi connectivity index (χ4v) is 10.1. The van der Waals surface area contributed by atoms with Gasteiger partial charge in [-0.15, -0.1) is 0 Å². The van der Waals surface area contributed by atoms with Crippen molar-refractivity contribution in [2.75, 3.05) is 0 Å². The number of nitrogens with zero attached hydrogens (tertiary/aromatic N) is 1. The van der Waals surface area contributed by atoms with Gasteiger partial charge in [0.05, 0.1) is 23.1 Å². The first kappa shape index (κ1) is 25.6. The van der Waals surface area contributed by atoms with Gasteiger partial charge in [-0.1, -0.05) is 32.4 Å². The van der Waals surface area contributed by atoms with Crippen LogP contribution in [0, 0.1) is 53.3 Å². The van der Waals surface area contributed by atoms with E-state index in [2.05, 4.69) is 25.8 Å². The van der Waals surface area contributed by atoms with Crippen LogP contribution in [0.2, 0.25) is 0 Å². The second-order valence-corrected chi connectivity index (χ2v) is 13.9. The fraction of sp³-hybridized carbons (Fsp3) is 0.750. The Balaban J connectivity index is 1.18. The third-order valence-electron chi connectivity index (χ3n) is 12.1. The van der Waals surface area contributed by atoms with E-state index in [0.29, 0.717) is 53.2 Å². The lowest BCUT2D eigenvalue weighted by molar-refractivity contribution is -0.174. The molecule has 4 aliphatic rings. The maximum atomic E-state index is 12.6. The Hall–Kier alpha value is -1.72. The van der Waals surface area contributed by atoms with Crippen LogP contribution in [0.4, 0.5) is 0 Å². The Bertz CT molecular complexity index is 1220. The molecule has 2 N–H and O–H groups in total. The van der Waals surface area contributed by atoms with E-state index in [9.17, 15) is 15.0 Å². The van der Waals surface area contributed by atoms with Crippen LogP contribution < -0.4 is 5.63 Å². The zero-order valence-corrected chi connectivity index (χ0v) is 23.1. The van der Waals surface area contributed by atoms with Crippen molar-refractivity contribution in [2.24, 2.45) is 46.3 Å². The molecule has 0 amide bonds. The van der Waals surface area contributed by atoms with Crippen LogP contribution in [-0.2, 0) is 6.42 Å². The number of aliphatic hydroxyl groups is 2. The minimum absolute atomic E-state index is 0.182. The van der Waals surface area contributed by atoms with E-state index in [1.807, 2.05) is 25.1 Å². The molecule has 0 saturated heterocycles. The maximum Gasteiger partial charge on any atom is 0.346 e. The highest BCUT2D eigenvalue weighted by Gasteiger charge is 2.62. The third kappa shape index (κ3) is 4.11. The predicted octanol–water partition coefficient (Wildman–Crippen LogP) is 6.06. The van der Waals surface area contributed by atoms with Crippen LogP contribution in [0.5, 0.6) is 0 Å². The summed E-state index contributed by atoms with van der Waals surface area (Å²) in [6.45, 7) is 9.35. The molecule has 2 aromatic rings. The summed E-state index contributed by atoms with van der Waals surface area (Å²) in [4.78, 5) is 17.2. The van der Waals surface area contributed by atoms with E-state index < -0.39 is 0 Å². The number of aromatic nitrogens is 1. The van der Waals surface area contributed by atoms with Gasteiger partial charge in [-0.25, -0.2) is 9.78 Å². The monoisotopic (exact) mass is 507 g/mol. The van der Waals surface area contributed by atoms with Crippen molar-refractivity contribution in [2.45, 2.75) is 104 Å². The molecule has 1 unspecified atom stereocenters. The summed E-state index contributed by atoms with van der Waals surface area (Å²) in [7, 11) is 0. The number of aliphatic hydroxyl groups excluding tert-OH is 2. The van der Waals surface area contributed by atoms with Crippen LogP contribution in [-0.4, -0.2) is 27.4 Å². The first-order chi connectivity index (χ1) is 17.6. The highest BCUT2D eigenvalue weighted by atomic mass is 16.4.